The van der Waals surface area contributed by atoms with E-state index in [1.165, 1.54) is 19.1 Å². The van der Waals surface area contributed by atoms with Gasteiger partial charge in [-0.25, -0.2) is 15.4 Å². The molecule has 0 saturated heterocycles. The summed E-state index contributed by atoms with van der Waals surface area (Å²) in [5, 5.41) is 0.108. The van der Waals surface area contributed by atoms with E-state index in [4.69, 9.17) is 11.6 Å². The van der Waals surface area contributed by atoms with Crippen molar-refractivity contribution in [3.05, 3.63) is 45.9 Å². The van der Waals surface area contributed by atoms with Crippen LogP contribution in [0.5, 0.6) is 0 Å². The maximum atomic E-state index is 13.6. The standard InChI is InChI=1S/C16H10ClF6N5/c1-6-2-10(15(18,19)20)25-13-11(6)26-14(16(21,22)23)28(13)8-3-7-5-24-27-12(7)9(17)4-8/h2-4,24,27H,5H2,1H3. The van der Waals surface area contributed by atoms with Crippen molar-refractivity contribution < 1.29 is 26.3 Å². The fraction of sp³-hybridized carbons (Fsp3) is 0.250. The fourth-order valence-electron chi connectivity index (χ4n) is 3.06. The van der Waals surface area contributed by atoms with Crippen LogP contribution in [-0.4, -0.2) is 14.5 Å². The molecule has 5 nitrogen and oxygen atoms in total. The van der Waals surface area contributed by atoms with E-state index in [1.807, 2.05) is 0 Å². The second-order valence-electron chi connectivity index (χ2n) is 6.20. The highest BCUT2D eigenvalue weighted by atomic mass is 35.5. The predicted molar refractivity (Wildman–Crippen MR) is 89.1 cm³/mol. The molecule has 0 aliphatic carbocycles. The first kappa shape index (κ1) is 18.8. The molecular formula is C16H10ClF6N5. The number of halogens is 7. The number of imidazole rings is 1. The van der Waals surface area contributed by atoms with Gasteiger partial charge >= 0.3 is 12.4 Å². The zero-order valence-corrected chi connectivity index (χ0v) is 14.7. The lowest BCUT2D eigenvalue weighted by molar-refractivity contribution is -0.145. The van der Waals surface area contributed by atoms with Crippen molar-refractivity contribution in [2.75, 3.05) is 5.43 Å². The van der Waals surface area contributed by atoms with Gasteiger partial charge < -0.3 is 5.43 Å². The van der Waals surface area contributed by atoms with Crippen LogP contribution in [0, 0.1) is 6.92 Å². The molecule has 3 heterocycles. The lowest BCUT2D eigenvalue weighted by atomic mass is 10.1. The molecule has 0 atom stereocenters. The van der Waals surface area contributed by atoms with E-state index in [9.17, 15) is 26.3 Å². The van der Waals surface area contributed by atoms with Crippen LogP contribution in [0.1, 0.15) is 22.6 Å². The number of nitrogens with one attached hydrogen (secondary N) is 2. The minimum Gasteiger partial charge on any atom is -0.319 e. The Kier molecular flexibility index (Phi) is 4.02. The Labute approximate surface area is 158 Å². The number of pyridine rings is 1. The molecule has 148 valence electrons. The number of rotatable bonds is 1. The molecule has 1 aliphatic heterocycles. The smallest absolute Gasteiger partial charge is 0.319 e. The van der Waals surface area contributed by atoms with E-state index in [0.29, 0.717) is 21.9 Å². The van der Waals surface area contributed by atoms with Gasteiger partial charge in [0.25, 0.3) is 0 Å². The first-order chi connectivity index (χ1) is 13.0. The number of anilines is 1. The topological polar surface area (TPSA) is 54.8 Å². The lowest BCUT2D eigenvalue weighted by Gasteiger charge is -2.14. The Balaban J connectivity index is 2.08. The summed E-state index contributed by atoms with van der Waals surface area (Å²) < 4.78 is 80.9. The minimum atomic E-state index is -4.92. The normalized spacial score (nSPS) is 14.4. The third kappa shape index (κ3) is 2.94. The molecule has 0 saturated carbocycles. The van der Waals surface area contributed by atoms with Gasteiger partial charge in [0, 0.05) is 6.54 Å². The Bertz CT molecular complexity index is 1100. The van der Waals surface area contributed by atoms with Crippen LogP contribution >= 0.6 is 11.6 Å². The van der Waals surface area contributed by atoms with Gasteiger partial charge in [-0.1, -0.05) is 11.6 Å². The van der Waals surface area contributed by atoms with Crippen LogP contribution in [0.25, 0.3) is 16.9 Å². The molecule has 0 amide bonds. The van der Waals surface area contributed by atoms with Gasteiger partial charge in [-0.2, -0.15) is 26.3 Å². The molecule has 12 heteroatoms. The summed E-state index contributed by atoms with van der Waals surface area (Å²) >= 11 is 6.13. The molecule has 2 N–H and O–H groups in total. The van der Waals surface area contributed by atoms with Crippen molar-refractivity contribution in [3.8, 4) is 5.69 Å². The van der Waals surface area contributed by atoms with E-state index in [0.717, 1.165) is 0 Å². The van der Waals surface area contributed by atoms with Crippen LogP contribution in [0.2, 0.25) is 5.02 Å². The zero-order valence-electron chi connectivity index (χ0n) is 13.9. The minimum absolute atomic E-state index is 0.0721. The molecule has 0 bridgehead atoms. The molecule has 0 fully saturated rings. The van der Waals surface area contributed by atoms with Crippen LogP contribution in [-0.2, 0) is 18.9 Å². The second kappa shape index (κ2) is 5.98. The van der Waals surface area contributed by atoms with Crippen LogP contribution in [0.15, 0.2) is 18.2 Å². The Morgan fingerprint density at radius 2 is 1.75 bits per heavy atom. The number of aryl methyl sites for hydroxylation is 1. The molecule has 4 rings (SSSR count). The second-order valence-corrected chi connectivity index (χ2v) is 6.61. The number of hydrogen-bond donors (Lipinski definition) is 2. The summed E-state index contributed by atoms with van der Waals surface area (Å²) in [7, 11) is 0. The van der Waals surface area contributed by atoms with Gasteiger partial charge in [-0.05, 0) is 36.2 Å². The van der Waals surface area contributed by atoms with Gasteiger partial charge in [-0.15, -0.1) is 0 Å². The predicted octanol–water partition coefficient (Wildman–Crippen LogP) is 4.85. The fourth-order valence-corrected chi connectivity index (χ4v) is 3.34. The number of hydrogen-bond acceptors (Lipinski definition) is 4. The largest absolute Gasteiger partial charge is 0.450 e. The van der Waals surface area contributed by atoms with Crippen LogP contribution < -0.4 is 10.9 Å². The molecule has 2 aromatic heterocycles. The van der Waals surface area contributed by atoms with Gasteiger partial charge in [0.1, 0.15) is 11.2 Å². The zero-order chi connectivity index (χ0) is 20.4. The van der Waals surface area contributed by atoms with Gasteiger partial charge in [0.05, 0.1) is 16.4 Å². The monoisotopic (exact) mass is 421 g/mol. The molecular weight excluding hydrogens is 412 g/mol. The number of fused-ring (bicyclic) bond motifs is 2. The summed E-state index contributed by atoms with van der Waals surface area (Å²) in [4.78, 5) is 6.98. The molecule has 28 heavy (non-hydrogen) atoms. The summed E-state index contributed by atoms with van der Waals surface area (Å²) in [6.45, 7) is 1.53. The highest BCUT2D eigenvalue weighted by molar-refractivity contribution is 6.33. The molecule has 0 spiro atoms. The lowest BCUT2D eigenvalue weighted by Crippen LogP contribution is -2.15. The number of benzene rings is 1. The Hall–Kier alpha value is -2.53. The average Bonchev–Trinajstić information content (AvgIpc) is 3.17. The maximum absolute atomic E-state index is 13.6. The molecule has 1 aromatic carbocycles. The van der Waals surface area contributed by atoms with Crippen molar-refractivity contribution in [2.24, 2.45) is 0 Å². The van der Waals surface area contributed by atoms with E-state index in [-0.39, 0.29) is 28.3 Å². The summed E-state index contributed by atoms with van der Waals surface area (Å²) in [6.07, 6.45) is -9.75. The van der Waals surface area contributed by atoms with Gasteiger partial charge in [0.15, 0.2) is 5.65 Å². The molecule has 1 aliphatic rings. The van der Waals surface area contributed by atoms with E-state index in [2.05, 4.69) is 20.8 Å². The first-order valence-electron chi connectivity index (χ1n) is 7.83. The highest BCUT2D eigenvalue weighted by Crippen LogP contribution is 2.39. The summed E-state index contributed by atoms with van der Waals surface area (Å²) in [5.41, 5.74) is 4.31. The SMILES string of the molecule is Cc1cc(C(F)(F)F)nc2c1nc(C(F)(F)F)n2-c1cc(Cl)c2c(c1)CNN2. The summed E-state index contributed by atoms with van der Waals surface area (Å²) in [5.74, 6) is -1.38. The maximum Gasteiger partial charge on any atom is 0.450 e. The Morgan fingerprint density at radius 3 is 2.39 bits per heavy atom. The van der Waals surface area contributed by atoms with E-state index in [1.54, 1.807) is 0 Å². The first-order valence-corrected chi connectivity index (χ1v) is 8.21. The average molecular weight is 422 g/mol. The number of hydrazine groups is 1. The summed E-state index contributed by atoms with van der Waals surface area (Å²) in [6, 6.07) is 3.28. The molecule has 0 radical (unpaired) electrons. The quantitative estimate of drug-likeness (QED) is 0.552. The van der Waals surface area contributed by atoms with E-state index < -0.39 is 29.5 Å². The number of aromatic nitrogens is 3. The van der Waals surface area contributed by atoms with Crippen molar-refractivity contribution in [3.63, 3.8) is 0 Å². The third-order valence-corrected chi connectivity index (χ3v) is 4.56. The van der Waals surface area contributed by atoms with Crippen molar-refractivity contribution >= 4 is 28.5 Å². The third-order valence-electron chi connectivity index (χ3n) is 4.26. The van der Waals surface area contributed by atoms with Crippen molar-refractivity contribution in [2.45, 2.75) is 25.8 Å². The molecule has 0 unspecified atom stereocenters. The van der Waals surface area contributed by atoms with Crippen LogP contribution in [0.3, 0.4) is 0 Å². The van der Waals surface area contributed by atoms with Gasteiger partial charge in [0.2, 0.25) is 5.82 Å². The number of alkyl halides is 6. The van der Waals surface area contributed by atoms with E-state index >= 15 is 0 Å². The van der Waals surface area contributed by atoms with Crippen molar-refractivity contribution in [1.29, 1.82) is 0 Å². The highest BCUT2D eigenvalue weighted by Gasteiger charge is 2.40. The molecule has 3 aromatic rings. The van der Waals surface area contributed by atoms with Crippen LogP contribution in [0.4, 0.5) is 32.0 Å². The Morgan fingerprint density at radius 1 is 1.04 bits per heavy atom. The number of nitrogens with zero attached hydrogens (tertiary/aromatic N) is 3. The van der Waals surface area contributed by atoms with Gasteiger partial charge in [-0.3, -0.25) is 4.57 Å². The van der Waals surface area contributed by atoms with Crippen molar-refractivity contribution in [1.82, 2.24) is 20.0 Å².